The summed E-state index contributed by atoms with van der Waals surface area (Å²) in [5, 5.41) is 2.68. The molecule has 0 saturated carbocycles. The lowest BCUT2D eigenvalue weighted by molar-refractivity contribution is -0.304. The molecule has 1 aliphatic heterocycles. The maximum atomic E-state index is 13.0. The summed E-state index contributed by atoms with van der Waals surface area (Å²) < 4.78 is 37.2. The van der Waals surface area contributed by atoms with E-state index in [0.717, 1.165) is 41.7 Å². The molecule has 1 aliphatic rings. The fourth-order valence-corrected chi connectivity index (χ4v) is 4.18. The van der Waals surface area contributed by atoms with Crippen molar-refractivity contribution >= 4 is 41.7 Å². The van der Waals surface area contributed by atoms with E-state index in [1.807, 2.05) is 13.8 Å². The van der Waals surface area contributed by atoms with Crippen LogP contribution in [0.5, 0.6) is 0 Å². The summed E-state index contributed by atoms with van der Waals surface area (Å²) in [7, 11) is 0.985. The van der Waals surface area contributed by atoms with E-state index in [1.54, 1.807) is 0 Å². The normalized spacial score (nSPS) is 23.3. The number of nitrogens with one attached hydrogen (secondary N) is 1. The standard InChI is InChI=1S/C26H39NO14/c1-13(2)9-10-21(33)27-22-19(37-15(4)29)11-26(25(34)35-8,40-18(7)32)41-24(22)23(39-17(6)31)20(38-16(5)30)12-36-14(3)28/h13,19-20,22-24H,9-12H2,1-8H3,(H,27,33)/t19-,20+,22+,23-,24+,26+/m0/s1. The van der Waals surface area contributed by atoms with Crippen LogP contribution in [0.4, 0.5) is 0 Å². The molecule has 15 heteroatoms. The van der Waals surface area contributed by atoms with Gasteiger partial charge in [0.25, 0.3) is 0 Å². The van der Waals surface area contributed by atoms with E-state index < -0.39 is 91.0 Å². The molecule has 0 aromatic heterocycles. The number of rotatable bonds is 13. The van der Waals surface area contributed by atoms with Gasteiger partial charge in [-0.2, -0.15) is 0 Å². The highest BCUT2D eigenvalue weighted by atomic mass is 16.8. The van der Waals surface area contributed by atoms with Crippen molar-refractivity contribution < 1.29 is 66.7 Å². The molecule has 1 heterocycles. The lowest BCUT2D eigenvalue weighted by Crippen LogP contribution is -2.69. The van der Waals surface area contributed by atoms with E-state index in [9.17, 15) is 33.6 Å². The summed E-state index contributed by atoms with van der Waals surface area (Å²) in [5.74, 6) is -8.51. The van der Waals surface area contributed by atoms with Gasteiger partial charge in [-0.05, 0) is 12.3 Å². The molecular weight excluding hydrogens is 550 g/mol. The third-order valence-electron chi connectivity index (χ3n) is 5.71. The first-order chi connectivity index (χ1) is 19.0. The molecule has 0 bridgehead atoms. The minimum Gasteiger partial charge on any atom is -0.464 e. The zero-order valence-corrected chi connectivity index (χ0v) is 24.5. The van der Waals surface area contributed by atoms with Crippen molar-refractivity contribution in [2.45, 2.75) is 104 Å². The molecule has 1 N–H and O–H groups in total. The van der Waals surface area contributed by atoms with Crippen LogP contribution >= 0.6 is 0 Å². The molecule has 15 nitrogen and oxygen atoms in total. The van der Waals surface area contributed by atoms with E-state index in [0.29, 0.717) is 6.42 Å². The van der Waals surface area contributed by atoms with Crippen molar-refractivity contribution in [1.82, 2.24) is 5.32 Å². The lowest BCUT2D eigenvalue weighted by atomic mass is 9.87. The summed E-state index contributed by atoms with van der Waals surface area (Å²) in [6.45, 7) is 8.36. The monoisotopic (exact) mass is 589 g/mol. The van der Waals surface area contributed by atoms with E-state index in [1.165, 1.54) is 0 Å². The maximum absolute atomic E-state index is 13.0. The Labute approximate surface area is 237 Å². The predicted molar refractivity (Wildman–Crippen MR) is 135 cm³/mol. The molecule has 0 aliphatic carbocycles. The number of hydrogen-bond donors (Lipinski definition) is 1. The quantitative estimate of drug-likeness (QED) is 0.230. The SMILES string of the molecule is COC(=O)[C@@]1(OC(C)=O)C[C@H](OC(C)=O)[C@@H](NC(=O)CCC(C)C)[C@H]([C@@H](OC(C)=O)[C@@H](COC(C)=O)OC(C)=O)O1. The second-order valence-electron chi connectivity index (χ2n) is 9.82. The third-order valence-corrected chi connectivity index (χ3v) is 5.71. The number of ether oxygens (including phenoxy) is 7. The average molecular weight is 590 g/mol. The Bertz CT molecular complexity index is 995. The Morgan fingerprint density at radius 2 is 1.49 bits per heavy atom. The number of esters is 6. The van der Waals surface area contributed by atoms with Gasteiger partial charge in [0.05, 0.1) is 19.6 Å². The average Bonchev–Trinajstić information content (AvgIpc) is 2.83. The number of carbonyl (C=O) groups excluding carboxylic acids is 7. The van der Waals surface area contributed by atoms with E-state index in [4.69, 9.17) is 33.2 Å². The Kier molecular flexibility index (Phi) is 13.7. The fourth-order valence-electron chi connectivity index (χ4n) is 4.18. The zero-order chi connectivity index (χ0) is 31.5. The van der Waals surface area contributed by atoms with Crippen LogP contribution in [0.1, 0.15) is 67.7 Å². The molecule has 1 fully saturated rings. The van der Waals surface area contributed by atoms with E-state index >= 15 is 0 Å². The molecule has 1 amide bonds. The second kappa shape index (κ2) is 15.9. The fraction of sp³-hybridized carbons (Fsp3) is 0.731. The van der Waals surface area contributed by atoms with Crippen LogP contribution in [0.15, 0.2) is 0 Å². The van der Waals surface area contributed by atoms with Gasteiger partial charge in [0.1, 0.15) is 18.8 Å². The van der Waals surface area contributed by atoms with Crippen molar-refractivity contribution in [2.75, 3.05) is 13.7 Å². The lowest BCUT2D eigenvalue weighted by Gasteiger charge is -2.48. The van der Waals surface area contributed by atoms with Crippen LogP contribution in [0.25, 0.3) is 0 Å². The molecule has 41 heavy (non-hydrogen) atoms. The highest BCUT2D eigenvalue weighted by Crippen LogP contribution is 2.37. The van der Waals surface area contributed by atoms with Crippen molar-refractivity contribution in [2.24, 2.45) is 5.92 Å². The van der Waals surface area contributed by atoms with Crippen LogP contribution < -0.4 is 5.32 Å². The molecular formula is C26H39NO14. The van der Waals surface area contributed by atoms with Gasteiger partial charge in [-0.1, -0.05) is 13.8 Å². The van der Waals surface area contributed by atoms with Crippen molar-refractivity contribution in [3.63, 3.8) is 0 Å². The first-order valence-electron chi connectivity index (χ1n) is 12.9. The van der Waals surface area contributed by atoms with Crippen LogP contribution in [0.2, 0.25) is 0 Å². The topological polar surface area (TPSA) is 196 Å². The summed E-state index contributed by atoms with van der Waals surface area (Å²) in [6, 6.07) is -1.35. The van der Waals surface area contributed by atoms with Crippen molar-refractivity contribution in [3.05, 3.63) is 0 Å². The van der Waals surface area contributed by atoms with Gasteiger partial charge in [-0.3, -0.25) is 28.8 Å². The molecule has 1 saturated heterocycles. The van der Waals surface area contributed by atoms with Crippen LogP contribution in [0, 0.1) is 5.92 Å². The van der Waals surface area contributed by atoms with Gasteiger partial charge in [-0.15, -0.1) is 0 Å². The summed E-state index contributed by atoms with van der Waals surface area (Å²) in [4.78, 5) is 86.0. The highest BCUT2D eigenvalue weighted by Gasteiger charge is 2.60. The Hall–Kier alpha value is -3.75. The number of carbonyl (C=O) groups is 7. The highest BCUT2D eigenvalue weighted by molar-refractivity contribution is 5.82. The molecule has 1 rings (SSSR count). The van der Waals surface area contributed by atoms with Gasteiger partial charge in [0.2, 0.25) is 5.91 Å². The molecule has 0 aromatic rings. The Balaban J connectivity index is 3.86. The number of amides is 1. The summed E-state index contributed by atoms with van der Waals surface area (Å²) >= 11 is 0. The predicted octanol–water partition coefficient (Wildman–Crippen LogP) is 0.487. The van der Waals surface area contributed by atoms with E-state index in [2.05, 4.69) is 5.32 Å². The molecule has 232 valence electrons. The zero-order valence-electron chi connectivity index (χ0n) is 24.5. The minimum absolute atomic E-state index is 0.0405. The van der Waals surface area contributed by atoms with Gasteiger partial charge in [0, 0.05) is 41.0 Å². The molecule has 0 unspecified atom stereocenters. The van der Waals surface area contributed by atoms with Crippen LogP contribution in [0.3, 0.4) is 0 Å². The molecule has 0 radical (unpaired) electrons. The summed E-state index contributed by atoms with van der Waals surface area (Å²) in [6.07, 6.45) is -6.47. The third kappa shape index (κ3) is 11.3. The van der Waals surface area contributed by atoms with Gasteiger partial charge in [0.15, 0.2) is 12.2 Å². The summed E-state index contributed by atoms with van der Waals surface area (Å²) in [5.41, 5.74) is 0. The molecule has 0 spiro atoms. The van der Waals surface area contributed by atoms with E-state index in [-0.39, 0.29) is 12.3 Å². The van der Waals surface area contributed by atoms with Gasteiger partial charge < -0.3 is 38.5 Å². The largest absolute Gasteiger partial charge is 0.464 e. The van der Waals surface area contributed by atoms with Crippen LogP contribution in [-0.2, 0) is 66.7 Å². The Morgan fingerprint density at radius 1 is 0.878 bits per heavy atom. The second-order valence-corrected chi connectivity index (χ2v) is 9.82. The number of hydrogen-bond acceptors (Lipinski definition) is 14. The van der Waals surface area contributed by atoms with Gasteiger partial charge in [-0.25, -0.2) is 4.79 Å². The molecule has 0 aromatic carbocycles. The maximum Gasteiger partial charge on any atom is 0.379 e. The van der Waals surface area contributed by atoms with Crippen LogP contribution in [-0.4, -0.2) is 91.7 Å². The Morgan fingerprint density at radius 3 is 1.95 bits per heavy atom. The first kappa shape index (κ1) is 35.3. The van der Waals surface area contributed by atoms with Gasteiger partial charge >= 0.3 is 41.6 Å². The molecule has 6 atom stereocenters. The van der Waals surface area contributed by atoms with Crippen molar-refractivity contribution in [1.29, 1.82) is 0 Å². The first-order valence-corrected chi connectivity index (χ1v) is 12.9. The smallest absolute Gasteiger partial charge is 0.379 e. The van der Waals surface area contributed by atoms with Crippen molar-refractivity contribution in [3.8, 4) is 0 Å². The number of methoxy groups -OCH3 is 1. The minimum atomic E-state index is -2.55.